The van der Waals surface area contributed by atoms with Crippen molar-refractivity contribution < 1.29 is 23.8 Å². The first-order valence-electron chi connectivity index (χ1n) is 9.02. The number of carbonyl (C=O) groups excluding carboxylic acids is 1. The van der Waals surface area contributed by atoms with Crippen LogP contribution in [0, 0.1) is 17.0 Å². The molecule has 4 nitrogen and oxygen atoms in total. The largest absolute Gasteiger partial charge is 0.508 e. The molecule has 148 valence electrons. The van der Waals surface area contributed by atoms with E-state index in [2.05, 4.69) is 0 Å². The number of phenols is 1. The van der Waals surface area contributed by atoms with Crippen molar-refractivity contribution in [3.63, 3.8) is 0 Å². The summed E-state index contributed by atoms with van der Waals surface area (Å²) in [7, 11) is 0. The van der Waals surface area contributed by atoms with Crippen LogP contribution in [-0.2, 0) is 4.79 Å². The van der Waals surface area contributed by atoms with Gasteiger partial charge in [0.2, 0.25) is 0 Å². The maximum Gasteiger partial charge on any atom is 0.253 e. The van der Waals surface area contributed by atoms with Gasteiger partial charge in [-0.15, -0.1) is 0 Å². The summed E-state index contributed by atoms with van der Waals surface area (Å²) in [5.41, 5.74) is 0.220. The Balaban J connectivity index is 2.06. The smallest absolute Gasteiger partial charge is 0.253 e. The van der Waals surface area contributed by atoms with Gasteiger partial charge < -0.3 is 15.1 Å². The fraction of sp³-hybridized carbons (Fsp3) is 0.318. The van der Waals surface area contributed by atoms with Crippen LogP contribution in [0.1, 0.15) is 37.9 Å². The van der Waals surface area contributed by atoms with Gasteiger partial charge >= 0.3 is 0 Å². The molecule has 0 saturated carbocycles. The number of halogens is 2. The van der Waals surface area contributed by atoms with Crippen LogP contribution in [0.5, 0.6) is 5.75 Å². The van der Waals surface area contributed by atoms with Crippen molar-refractivity contribution >= 4 is 11.5 Å². The van der Waals surface area contributed by atoms with E-state index in [9.17, 15) is 23.8 Å². The number of phenolic OH excluding ortho intramolecular Hbond substituents is 1. The lowest BCUT2D eigenvalue weighted by atomic mass is 9.88. The van der Waals surface area contributed by atoms with E-state index < -0.39 is 35.1 Å². The topological polar surface area (TPSA) is 60.8 Å². The number of hydrogen-bond donors (Lipinski definition) is 2. The first-order valence-corrected chi connectivity index (χ1v) is 9.02. The van der Waals surface area contributed by atoms with Crippen LogP contribution >= 0.6 is 0 Å². The third kappa shape index (κ3) is 3.78. The first-order chi connectivity index (χ1) is 13.1. The lowest BCUT2D eigenvalue weighted by Gasteiger charge is -2.32. The average Bonchev–Trinajstić information content (AvgIpc) is 3.07. The highest BCUT2D eigenvalue weighted by atomic mass is 19.1. The Morgan fingerprint density at radius 1 is 1.18 bits per heavy atom. The maximum absolute atomic E-state index is 14.3. The molecule has 3 rings (SSSR count). The van der Waals surface area contributed by atoms with Crippen molar-refractivity contribution in [2.75, 3.05) is 6.54 Å². The molecule has 0 saturated heterocycles. The molecule has 0 spiro atoms. The van der Waals surface area contributed by atoms with Crippen molar-refractivity contribution in [1.82, 2.24) is 4.90 Å². The summed E-state index contributed by atoms with van der Waals surface area (Å²) in [5, 5.41) is 20.8. The molecule has 0 fully saturated rings. The van der Waals surface area contributed by atoms with Gasteiger partial charge in [-0.2, -0.15) is 0 Å². The molecule has 2 aromatic rings. The van der Waals surface area contributed by atoms with Crippen LogP contribution in [0.3, 0.4) is 0 Å². The van der Waals surface area contributed by atoms with Gasteiger partial charge in [0, 0.05) is 17.7 Å². The van der Waals surface area contributed by atoms with E-state index in [0.717, 1.165) is 18.2 Å². The molecule has 2 N–H and O–H groups in total. The lowest BCUT2D eigenvalue weighted by molar-refractivity contribution is -0.146. The molecule has 1 amide bonds. The average molecular weight is 387 g/mol. The van der Waals surface area contributed by atoms with E-state index in [1.807, 2.05) is 0 Å². The monoisotopic (exact) mass is 387 g/mol. The quantitative estimate of drug-likeness (QED) is 0.836. The van der Waals surface area contributed by atoms with Crippen LogP contribution in [0.25, 0.3) is 5.57 Å². The molecule has 2 aromatic carbocycles. The van der Waals surface area contributed by atoms with Gasteiger partial charge in [0.25, 0.3) is 5.91 Å². The molecule has 1 heterocycles. The van der Waals surface area contributed by atoms with Crippen LogP contribution < -0.4 is 0 Å². The Bertz CT molecular complexity index is 934. The van der Waals surface area contributed by atoms with Crippen LogP contribution in [0.4, 0.5) is 8.78 Å². The highest BCUT2D eigenvalue weighted by molar-refractivity contribution is 5.86. The number of carbonyl (C=O) groups is 1. The SMILES string of the molecule is CC(C)(C)[C@H](O)C(=O)N1CC(c2cc(F)ccc2F)=C[C@H]1c1ccccc1O. The van der Waals surface area contributed by atoms with Crippen LogP contribution in [0.15, 0.2) is 48.5 Å². The van der Waals surface area contributed by atoms with Crippen LogP contribution in [0.2, 0.25) is 0 Å². The second-order valence-electron chi connectivity index (χ2n) is 8.05. The molecule has 0 radical (unpaired) electrons. The zero-order valence-corrected chi connectivity index (χ0v) is 16.0. The minimum atomic E-state index is -1.29. The summed E-state index contributed by atoms with van der Waals surface area (Å²) in [5.74, 6) is -1.75. The van der Waals surface area contributed by atoms with Gasteiger partial charge in [-0.3, -0.25) is 4.79 Å². The molecule has 0 aliphatic carbocycles. The molecule has 0 aromatic heterocycles. The third-order valence-corrected chi connectivity index (χ3v) is 4.90. The number of rotatable bonds is 3. The van der Waals surface area contributed by atoms with Crippen molar-refractivity contribution in [2.45, 2.75) is 32.9 Å². The van der Waals surface area contributed by atoms with Gasteiger partial charge in [-0.05, 0) is 35.3 Å². The fourth-order valence-electron chi connectivity index (χ4n) is 3.27. The Labute approximate surface area is 162 Å². The molecule has 28 heavy (non-hydrogen) atoms. The van der Waals surface area contributed by atoms with Crippen molar-refractivity contribution in [2.24, 2.45) is 5.41 Å². The van der Waals surface area contributed by atoms with Crippen molar-refractivity contribution in [3.8, 4) is 5.75 Å². The number of benzene rings is 2. The van der Waals surface area contributed by atoms with E-state index in [0.29, 0.717) is 11.1 Å². The predicted molar refractivity (Wildman–Crippen MR) is 102 cm³/mol. The normalized spacial score (nSPS) is 18.1. The number of amides is 1. The molecular weight excluding hydrogens is 364 g/mol. The number of aliphatic hydroxyl groups excluding tert-OH is 1. The Kier molecular flexibility index (Phi) is 5.26. The molecular formula is C22H23F2NO3. The zero-order chi connectivity index (χ0) is 20.6. The maximum atomic E-state index is 14.3. The van der Waals surface area contributed by atoms with E-state index >= 15 is 0 Å². The minimum absolute atomic E-state index is 0.00858. The Morgan fingerprint density at radius 2 is 1.86 bits per heavy atom. The molecule has 0 bridgehead atoms. The second-order valence-corrected chi connectivity index (χ2v) is 8.05. The number of nitrogens with zero attached hydrogens (tertiary/aromatic N) is 1. The lowest BCUT2D eigenvalue weighted by Crippen LogP contribution is -2.45. The fourth-order valence-corrected chi connectivity index (χ4v) is 3.27. The number of para-hydroxylation sites is 1. The van der Waals surface area contributed by atoms with Gasteiger partial charge in [0.15, 0.2) is 0 Å². The molecule has 1 aliphatic heterocycles. The summed E-state index contributed by atoms with van der Waals surface area (Å²) < 4.78 is 28.0. The van der Waals surface area contributed by atoms with E-state index in [1.54, 1.807) is 45.0 Å². The molecule has 2 atom stereocenters. The Hall–Kier alpha value is -2.73. The highest BCUT2D eigenvalue weighted by Crippen LogP contribution is 2.40. The van der Waals surface area contributed by atoms with E-state index in [4.69, 9.17) is 0 Å². The van der Waals surface area contributed by atoms with E-state index in [1.165, 1.54) is 11.0 Å². The zero-order valence-electron chi connectivity index (χ0n) is 16.0. The minimum Gasteiger partial charge on any atom is -0.508 e. The summed E-state index contributed by atoms with van der Waals surface area (Å²) in [6.07, 6.45) is 0.339. The summed E-state index contributed by atoms with van der Waals surface area (Å²) in [6, 6.07) is 8.96. The van der Waals surface area contributed by atoms with Gasteiger partial charge in [0.1, 0.15) is 23.5 Å². The van der Waals surface area contributed by atoms with Crippen molar-refractivity contribution in [1.29, 1.82) is 0 Å². The summed E-state index contributed by atoms with van der Waals surface area (Å²) >= 11 is 0. The highest BCUT2D eigenvalue weighted by Gasteiger charge is 2.39. The summed E-state index contributed by atoms with van der Waals surface area (Å²) in [4.78, 5) is 14.4. The predicted octanol–water partition coefficient (Wildman–Crippen LogP) is 4.04. The first kappa shape index (κ1) is 20.0. The Morgan fingerprint density at radius 3 is 2.50 bits per heavy atom. The van der Waals surface area contributed by atoms with Gasteiger partial charge in [-0.25, -0.2) is 8.78 Å². The van der Waals surface area contributed by atoms with Gasteiger partial charge in [0.05, 0.1) is 6.04 Å². The molecule has 1 aliphatic rings. The number of aromatic hydroxyl groups is 1. The number of hydrogen-bond acceptors (Lipinski definition) is 3. The van der Waals surface area contributed by atoms with Crippen molar-refractivity contribution in [3.05, 3.63) is 71.3 Å². The molecule has 0 unspecified atom stereocenters. The third-order valence-electron chi connectivity index (χ3n) is 4.90. The summed E-state index contributed by atoms with van der Waals surface area (Å²) in [6.45, 7) is 5.20. The van der Waals surface area contributed by atoms with E-state index in [-0.39, 0.29) is 17.9 Å². The standard InChI is InChI=1S/C22H23F2NO3/c1-22(2,3)20(27)21(28)25-12-13(16-11-14(23)8-9-17(16)24)10-18(25)15-6-4-5-7-19(15)26/h4-11,18,20,26-27H,12H2,1-3H3/t18-,20+/m0/s1. The number of aliphatic hydroxyl groups is 1. The van der Waals surface area contributed by atoms with Crippen LogP contribution in [-0.4, -0.2) is 33.7 Å². The van der Waals surface area contributed by atoms with Gasteiger partial charge in [-0.1, -0.05) is 45.0 Å². The second kappa shape index (κ2) is 7.36. The molecule has 6 heteroatoms.